The molecule has 192 valence electrons. The van der Waals surface area contributed by atoms with Crippen molar-refractivity contribution in [1.82, 2.24) is 14.5 Å². The average molecular weight is 510 g/mol. The number of nitrogens with zero attached hydrogens (tertiary/aromatic N) is 3. The minimum Gasteiger partial charge on any atom is -0.286 e. The third-order valence-corrected chi connectivity index (χ3v) is 7.45. The van der Waals surface area contributed by atoms with Gasteiger partial charge in [0.1, 0.15) is 11.5 Å². The van der Waals surface area contributed by atoms with E-state index in [0.29, 0.717) is 35.1 Å². The number of fused-ring (bicyclic) bond motifs is 1. The van der Waals surface area contributed by atoms with Crippen molar-refractivity contribution in [2.24, 2.45) is 0 Å². The summed E-state index contributed by atoms with van der Waals surface area (Å²) in [6, 6.07) is 12.8. The zero-order valence-electron chi connectivity index (χ0n) is 20.6. The van der Waals surface area contributed by atoms with Crippen molar-refractivity contribution < 1.29 is 17.6 Å². The topological polar surface area (TPSA) is 47.8 Å². The fraction of sp³-hybridized carbons (Fsp3) is 0.345. The Morgan fingerprint density at radius 3 is 2.41 bits per heavy atom. The summed E-state index contributed by atoms with van der Waals surface area (Å²) < 4.78 is 56.9. The van der Waals surface area contributed by atoms with Crippen molar-refractivity contribution in [2.45, 2.75) is 64.1 Å². The van der Waals surface area contributed by atoms with Crippen LogP contribution < -0.4 is 5.56 Å². The second-order valence-corrected chi connectivity index (χ2v) is 9.87. The Hall–Kier alpha value is -3.55. The Balaban J connectivity index is 1.53. The second kappa shape index (κ2) is 9.72. The van der Waals surface area contributed by atoms with E-state index in [0.717, 1.165) is 30.0 Å². The summed E-state index contributed by atoms with van der Waals surface area (Å²) in [6.45, 7) is 3.35. The lowest BCUT2D eigenvalue weighted by molar-refractivity contribution is -0.138. The third-order valence-electron chi connectivity index (χ3n) is 7.45. The summed E-state index contributed by atoms with van der Waals surface area (Å²) >= 11 is 0. The van der Waals surface area contributed by atoms with E-state index < -0.39 is 11.7 Å². The predicted octanol–water partition coefficient (Wildman–Crippen LogP) is 7.06. The number of halogens is 4. The molecule has 0 amide bonds. The molecular formula is C29H27F4N3O. The van der Waals surface area contributed by atoms with Crippen LogP contribution in [0.15, 0.2) is 59.5 Å². The van der Waals surface area contributed by atoms with E-state index in [-0.39, 0.29) is 35.5 Å². The van der Waals surface area contributed by atoms with E-state index in [1.54, 1.807) is 13.0 Å². The van der Waals surface area contributed by atoms with Crippen molar-refractivity contribution >= 4 is 11.0 Å². The maximum atomic E-state index is 14.6. The second-order valence-electron chi connectivity index (χ2n) is 9.87. The van der Waals surface area contributed by atoms with Crippen LogP contribution in [0.2, 0.25) is 0 Å². The van der Waals surface area contributed by atoms with Crippen LogP contribution in [0.25, 0.3) is 11.0 Å². The summed E-state index contributed by atoms with van der Waals surface area (Å²) in [4.78, 5) is 22.2. The number of hydrogen-bond donors (Lipinski definition) is 0. The highest BCUT2D eigenvalue weighted by Gasteiger charge is 2.34. The smallest absolute Gasteiger partial charge is 0.286 e. The molecule has 1 aromatic carbocycles. The van der Waals surface area contributed by atoms with Crippen molar-refractivity contribution in [3.05, 3.63) is 105 Å². The molecule has 0 radical (unpaired) electrons. The molecular weight excluding hydrogens is 482 g/mol. The fourth-order valence-corrected chi connectivity index (χ4v) is 5.63. The number of benzene rings is 1. The van der Waals surface area contributed by atoms with E-state index in [9.17, 15) is 22.4 Å². The van der Waals surface area contributed by atoms with Crippen LogP contribution in [0.1, 0.15) is 71.2 Å². The molecule has 0 saturated heterocycles. The summed E-state index contributed by atoms with van der Waals surface area (Å²) in [5, 5.41) is 0.691. The zero-order chi connectivity index (χ0) is 26.3. The van der Waals surface area contributed by atoms with Crippen LogP contribution in [0.4, 0.5) is 17.6 Å². The molecule has 4 nitrogen and oxygen atoms in total. The highest BCUT2D eigenvalue weighted by molar-refractivity contribution is 5.76. The summed E-state index contributed by atoms with van der Waals surface area (Å²) in [7, 11) is 0. The minimum absolute atomic E-state index is 0.0707. The lowest BCUT2D eigenvalue weighted by Gasteiger charge is -2.30. The van der Waals surface area contributed by atoms with Crippen molar-refractivity contribution in [1.29, 1.82) is 0 Å². The van der Waals surface area contributed by atoms with E-state index in [1.807, 2.05) is 31.2 Å². The summed E-state index contributed by atoms with van der Waals surface area (Å²) in [5.41, 5.74) is 1.78. The largest absolute Gasteiger partial charge is 0.418 e. The van der Waals surface area contributed by atoms with Crippen molar-refractivity contribution in [3.8, 4) is 0 Å². The van der Waals surface area contributed by atoms with E-state index in [4.69, 9.17) is 0 Å². The van der Waals surface area contributed by atoms with Crippen LogP contribution >= 0.6 is 0 Å². The van der Waals surface area contributed by atoms with E-state index in [1.165, 1.54) is 22.9 Å². The molecule has 0 bridgehead atoms. The van der Waals surface area contributed by atoms with E-state index in [2.05, 4.69) is 9.97 Å². The normalized spacial score (nSPS) is 18.3. The maximum absolute atomic E-state index is 14.6. The molecule has 1 saturated carbocycles. The Bertz CT molecular complexity index is 1500. The van der Waals surface area contributed by atoms with Gasteiger partial charge in [-0.25, -0.2) is 9.37 Å². The number of alkyl halides is 3. The van der Waals surface area contributed by atoms with Crippen molar-refractivity contribution in [3.63, 3.8) is 0 Å². The standard InChI is InChI=1S/C29H27F4N3O/c1-17-5-3-7-24(30)26(17)20-12-10-19(11-13-20)22-15-21-9-8-18(2)35-27(21)36(28(22)37)16-25-23(29(31,32)33)6-4-14-34-25/h3-9,14-15,19-20H,10-13,16H2,1-2H3/t19-,20-. The fourth-order valence-electron chi connectivity index (χ4n) is 5.63. The van der Waals surface area contributed by atoms with Crippen LogP contribution in [-0.4, -0.2) is 14.5 Å². The minimum atomic E-state index is -4.59. The Morgan fingerprint density at radius 2 is 1.70 bits per heavy atom. The van der Waals surface area contributed by atoms with Gasteiger partial charge in [0, 0.05) is 22.8 Å². The predicted molar refractivity (Wildman–Crippen MR) is 134 cm³/mol. The molecule has 3 aromatic heterocycles. The zero-order valence-corrected chi connectivity index (χ0v) is 20.6. The van der Waals surface area contributed by atoms with Gasteiger partial charge in [-0.1, -0.05) is 12.1 Å². The molecule has 3 heterocycles. The number of aryl methyl sites for hydroxylation is 2. The first-order valence-corrected chi connectivity index (χ1v) is 12.4. The highest BCUT2D eigenvalue weighted by Crippen LogP contribution is 2.42. The Morgan fingerprint density at radius 1 is 0.973 bits per heavy atom. The molecule has 0 unspecified atom stereocenters. The van der Waals surface area contributed by atoms with Gasteiger partial charge in [-0.3, -0.25) is 14.3 Å². The molecule has 0 N–H and O–H groups in total. The molecule has 4 aromatic rings. The number of hydrogen-bond acceptors (Lipinski definition) is 3. The van der Waals surface area contributed by atoms with Gasteiger partial charge < -0.3 is 0 Å². The lowest BCUT2D eigenvalue weighted by Crippen LogP contribution is -2.29. The molecule has 0 atom stereocenters. The van der Waals surface area contributed by atoms with Gasteiger partial charge in [-0.15, -0.1) is 0 Å². The van der Waals surface area contributed by atoms with Gasteiger partial charge >= 0.3 is 6.18 Å². The highest BCUT2D eigenvalue weighted by atomic mass is 19.4. The molecule has 1 fully saturated rings. The SMILES string of the molecule is Cc1ccc2cc([C@H]3CC[C@H](c4c(C)cccc4F)CC3)c(=O)n(Cc3ncccc3C(F)(F)F)c2n1. The van der Waals surface area contributed by atoms with Gasteiger partial charge in [0.15, 0.2) is 0 Å². The monoisotopic (exact) mass is 509 g/mol. The first-order chi connectivity index (χ1) is 17.6. The maximum Gasteiger partial charge on any atom is 0.418 e. The molecule has 0 spiro atoms. The number of aromatic nitrogens is 3. The van der Waals surface area contributed by atoms with Crippen LogP contribution in [-0.2, 0) is 12.7 Å². The Labute approximate surface area is 212 Å². The molecule has 1 aliphatic carbocycles. The first kappa shape index (κ1) is 25.1. The van der Waals surface area contributed by atoms with Crippen LogP contribution in [0, 0.1) is 19.7 Å². The van der Waals surface area contributed by atoms with Gasteiger partial charge in [-0.2, -0.15) is 13.2 Å². The molecule has 1 aliphatic rings. The van der Waals surface area contributed by atoms with Gasteiger partial charge in [0.25, 0.3) is 5.56 Å². The van der Waals surface area contributed by atoms with Crippen LogP contribution in [0.5, 0.6) is 0 Å². The Kier molecular flexibility index (Phi) is 6.60. The van der Waals surface area contributed by atoms with Gasteiger partial charge in [-0.05, 0) is 98.9 Å². The van der Waals surface area contributed by atoms with Gasteiger partial charge in [0.2, 0.25) is 0 Å². The quantitative estimate of drug-likeness (QED) is 0.277. The van der Waals surface area contributed by atoms with Crippen LogP contribution in [0.3, 0.4) is 0 Å². The molecule has 0 aliphatic heterocycles. The molecule has 8 heteroatoms. The summed E-state index contributed by atoms with van der Waals surface area (Å²) in [5.74, 6) is -0.195. The summed E-state index contributed by atoms with van der Waals surface area (Å²) in [6.07, 6.45) is -0.450. The van der Waals surface area contributed by atoms with Crippen molar-refractivity contribution in [2.75, 3.05) is 0 Å². The molecule has 37 heavy (non-hydrogen) atoms. The number of rotatable bonds is 4. The number of pyridine rings is 3. The lowest BCUT2D eigenvalue weighted by atomic mass is 9.75. The van der Waals surface area contributed by atoms with Gasteiger partial charge in [0.05, 0.1) is 17.8 Å². The average Bonchev–Trinajstić information content (AvgIpc) is 2.86. The third kappa shape index (κ3) is 4.89. The van der Waals surface area contributed by atoms with E-state index >= 15 is 0 Å². The first-order valence-electron chi connectivity index (χ1n) is 12.4. The molecule has 5 rings (SSSR count).